The number of hydrogen-bond acceptors (Lipinski definition) is 7. The van der Waals surface area contributed by atoms with Gasteiger partial charge in [-0.1, -0.05) is 12.1 Å². The molecule has 0 spiro atoms. The molecule has 1 aliphatic heterocycles. The van der Waals surface area contributed by atoms with Crippen molar-refractivity contribution >= 4 is 38.4 Å². The highest BCUT2D eigenvalue weighted by Gasteiger charge is 2.34. The minimum Gasteiger partial charge on any atom is -0.286 e. The second kappa shape index (κ2) is 6.32. The summed E-state index contributed by atoms with van der Waals surface area (Å²) in [6.07, 6.45) is 3.57. The molecule has 4 heterocycles. The molecule has 0 radical (unpaired) electrons. The van der Waals surface area contributed by atoms with E-state index >= 15 is 0 Å². The van der Waals surface area contributed by atoms with Crippen LogP contribution in [-0.2, 0) is 10.0 Å². The molecule has 0 aliphatic carbocycles. The molecule has 10 heteroatoms. The number of piperidine rings is 1. The van der Waals surface area contributed by atoms with Crippen molar-refractivity contribution in [1.82, 2.24) is 27.7 Å². The zero-order valence-electron chi connectivity index (χ0n) is 14.3. The van der Waals surface area contributed by atoms with Crippen molar-refractivity contribution in [3.05, 3.63) is 48.4 Å². The molecule has 0 amide bonds. The first-order chi connectivity index (χ1) is 13.1. The normalized spacial score (nSPS) is 19.0. The molecule has 0 N–H and O–H groups in total. The van der Waals surface area contributed by atoms with Crippen molar-refractivity contribution in [3.63, 3.8) is 0 Å². The lowest BCUT2D eigenvalue weighted by Crippen LogP contribution is -2.39. The molecular weight excluding hydrogens is 384 g/mol. The maximum Gasteiger partial charge on any atom is 0.245 e. The van der Waals surface area contributed by atoms with Crippen LogP contribution < -0.4 is 0 Å². The third-order valence-corrected chi connectivity index (χ3v) is 7.40. The largest absolute Gasteiger partial charge is 0.286 e. The van der Waals surface area contributed by atoms with E-state index < -0.39 is 10.0 Å². The molecule has 27 heavy (non-hydrogen) atoms. The molecule has 8 nitrogen and oxygen atoms in total. The summed E-state index contributed by atoms with van der Waals surface area (Å²) in [6.45, 7) is 0.871. The maximum atomic E-state index is 13.3. The second-order valence-corrected chi connectivity index (χ2v) is 9.01. The van der Waals surface area contributed by atoms with Crippen LogP contribution in [-0.4, -0.2) is 49.2 Å². The van der Waals surface area contributed by atoms with Gasteiger partial charge >= 0.3 is 0 Å². The molecule has 1 fully saturated rings. The first kappa shape index (κ1) is 16.7. The number of hydrogen-bond donors (Lipinski definition) is 0. The number of fused-ring (bicyclic) bond motifs is 2. The molecule has 1 aliphatic rings. The highest BCUT2D eigenvalue weighted by Crippen LogP contribution is 2.31. The van der Waals surface area contributed by atoms with Crippen molar-refractivity contribution in [2.45, 2.75) is 23.7 Å². The van der Waals surface area contributed by atoms with Crippen molar-refractivity contribution < 1.29 is 8.42 Å². The highest BCUT2D eigenvalue weighted by atomic mass is 32.2. The summed E-state index contributed by atoms with van der Waals surface area (Å²) in [7, 11) is -3.66. The summed E-state index contributed by atoms with van der Waals surface area (Å²) in [6, 6.07) is 10.8. The van der Waals surface area contributed by atoms with Crippen LogP contribution in [0.2, 0.25) is 0 Å². The summed E-state index contributed by atoms with van der Waals surface area (Å²) < 4.78 is 38.4. The van der Waals surface area contributed by atoms with Crippen LogP contribution in [0.25, 0.3) is 16.7 Å². The Bertz CT molecular complexity index is 1230. The van der Waals surface area contributed by atoms with E-state index in [1.807, 2.05) is 28.8 Å². The fraction of sp³-hybridized carbons (Fsp3) is 0.294. The Labute approximate surface area is 159 Å². The molecule has 3 aromatic heterocycles. The molecule has 1 atom stereocenters. The smallest absolute Gasteiger partial charge is 0.245 e. The molecule has 5 rings (SSSR count). The van der Waals surface area contributed by atoms with Gasteiger partial charge in [-0.25, -0.2) is 8.42 Å². The van der Waals surface area contributed by atoms with Crippen LogP contribution in [0.3, 0.4) is 0 Å². The van der Waals surface area contributed by atoms with E-state index in [0.717, 1.165) is 36.0 Å². The minimum absolute atomic E-state index is 0.00122. The monoisotopic (exact) mass is 400 g/mol. The number of sulfonamides is 1. The average Bonchev–Trinajstić information content (AvgIpc) is 3.34. The van der Waals surface area contributed by atoms with E-state index in [1.165, 1.54) is 0 Å². The summed E-state index contributed by atoms with van der Waals surface area (Å²) in [5.41, 5.74) is 1.82. The van der Waals surface area contributed by atoms with E-state index in [4.69, 9.17) is 0 Å². The van der Waals surface area contributed by atoms with Gasteiger partial charge < -0.3 is 0 Å². The summed E-state index contributed by atoms with van der Waals surface area (Å²) in [5, 5.41) is 8.52. The van der Waals surface area contributed by atoms with Crippen molar-refractivity contribution in [2.24, 2.45) is 0 Å². The van der Waals surface area contributed by atoms with Gasteiger partial charge in [-0.05, 0) is 37.1 Å². The number of pyridine rings is 1. The quantitative estimate of drug-likeness (QED) is 0.524. The average molecular weight is 400 g/mol. The van der Waals surface area contributed by atoms with E-state index in [0.29, 0.717) is 24.1 Å². The second-order valence-electron chi connectivity index (χ2n) is 6.58. The third-order valence-electron chi connectivity index (χ3n) is 4.96. The van der Waals surface area contributed by atoms with Crippen molar-refractivity contribution in [2.75, 3.05) is 13.1 Å². The zero-order valence-corrected chi connectivity index (χ0v) is 15.9. The fourth-order valence-corrected chi connectivity index (χ4v) is 5.91. The number of benzene rings is 1. The maximum absolute atomic E-state index is 13.3. The number of aromatic nitrogens is 5. The van der Waals surface area contributed by atoms with Gasteiger partial charge in [-0.3, -0.25) is 4.40 Å². The first-order valence-electron chi connectivity index (χ1n) is 8.66. The Morgan fingerprint density at radius 2 is 2.00 bits per heavy atom. The minimum atomic E-state index is -3.66. The van der Waals surface area contributed by atoms with Gasteiger partial charge in [0.1, 0.15) is 21.8 Å². The lowest BCUT2D eigenvalue weighted by atomic mass is 9.99. The van der Waals surface area contributed by atoms with Gasteiger partial charge in [0, 0.05) is 25.2 Å². The predicted molar refractivity (Wildman–Crippen MR) is 101 cm³/mol. The first-order valence-corrected chi connectivity index (χ1v) is 10.8. The number of rotatable bonds is 3. The number of nitrogens with zero attached hydrogens (tertiary/aromatic N) is 6. The van der Waals surface area contributed by atoms with Gasteiger partial charge in [0.25, 0.3) is 0 Å². The van der Waals surface area contributed by atoms with Crippen molar-refractivity contribution in [1.29, 1.82) is 0 Å². The Balaban J connectivity index is 1.51. The van der Waals surface area contributed by atoms with E-state index in [1.54, 1.807) is 22.5 Å². The standard InChI is InChI=1S/C17H16N6O2S2/c24-27(25,14-7-3-6-13-16(14)21-26-20-13)22-9-4-5-12(11-22)17-19-18-15-8-1-2-10-23(15)17/h1-3,6-8,10,12H,4-5,9,11H2. The summed E-state index contributed by atoms with van der Waals surface area (Å²) in [4.78, 5) is 0.223. The van der Waals surface area contributed by atoms with Crippen LogP contribution in [0.15, 0.2) is 47.5 Å². The molecule has 0 saturated carbocycles. The van der Waals surface area contributed by atoms with E-state index in [-0.39, 0.29) is 10.8 Å². The highest BCUT2D eigenvalue weighted by molar-refractivity contribution is 7.89. The molecular formula is C17H16N6O2S2. The van der Waals surface area contributed by atoms with Crippen LogP contribution in [0, 0.1) is 0 Å². The van der Waals surface area contributed by atoms with Gasteiger partial charge in [0.15, 0.2) is 5.65 Å². The molecule has 138 valence electrons. The summed E-state index contributed by atoms with van der Waals surface area (Å²) in [5.74, 6) is 0.803. The van der Waals surface area contributed by atoms with Crippen molar-refractivity contribution in [3.8, 4) is 0 Å². The van der Waals surface area contributed by atoms with Gasteiger partial charge in [-0.2, -0.15) is 13.1 Å². The van der Waals surface area contributed by atoms with Gasteiger partial charge in [0.05, 0.1) is 11.7 Å². The van der Waals surface area contributed by atoms with E-state index in [9.17, 15) is 8.42 Å². The Morgan fingerprint density at radius 1 is 1.07 bits per heavy atom. The van der Waals surface area contributed by atoms with Crippen LogP contribution in [0.5, 0.6) is 0 Å². The zero-order chi connectivity index (χ0) is 18.4. The van der Waals surface area contributed by atoms with Crippen LogP contribution >= 0.6 is 11.7 Å². The van der Waals surface area contributed by atoms with Gasteiger partial charge in [-0.15, -0.1) is 10.2 Å². The molecule has 1 unspecified atom stereocenters. The Hall–Kier alpha value is -2.43. The Kier molecular flexibility index (Phi) is 3.92. The molecule has 0 bridgehead atoms. The lowest BCUT2D eigenvalue weighted by Gasteiger charge is -2.31. The van der Waals surface area contributed by atoms with Crippen LogP contribution in [0.4, 0.5) is 0 Å². The molecule has 1 aromatic carbocycles. The molecule has 4 aromatic rings. The third kappa shape index (κ3) is 2.71. The van der Waals surface area contributed by atoms with Crippen LogP contribution in [0.1, 0.15) is 24.6 Å². The SMILES string of the molecule is O=S(=O)(c1cccc2nsnc12)N1CCCC(c2nnc3ccccn23)C1. The molecule has 1 saturated heterocycles. The van der Waals surface area contributed by atoms with Gasteiger partial charge in [0.2, 0.25) is 10.0 Å². The lowest BCUT2D eigenvalue weighted by molar-refractivity contribution is 0.308. The topological polar surface area (TPSA) is 93.4 Å². The predicted octanol–water partition coefficient (Wildman–Crippen LogP) is 2.30. The van der Waals surface area contributed by atoms with E-state index in [2.05, 4.69) is 18.9 Å². The summed E-state index contributed by atoms with van der Waals surface area (Å²) >= 11 is 1.03. The Morgan fingerprint density at radius 3 is 2.93 bits per heavy atom. The fourth-order valence-electron chi connectivity index (χ4n) is 3.64.